The van der Waals surface area contributed by atoms with Crippen LogP contribution in [0.4, 0.5) is 11.8 Å². The molecule has 9 heteroatoms. The molecule has 3 aromatic heterocycles. The maximum Gasteiger partial charge on any atom is 0.227 e. The van der Waals surface area contributed by atoms with Crippen molar-refractivity contribution in [1.29, 1.82) is 0 Å². The number of rotatable bonds is 7. The Hall–Kier alpha value is -1.95. The van der Waals surface area contributed by atoms with Crippen LogP contribution in [0, 0.1) is 44.1 Å². The van der Waals surface area contributed by atoms with E-state index < -0.39 is 0 Å². The number of fused-ring (bicyclic) bond motifs is 1. The normalized spacial score (nSPS) is 18.1. The van der Waals surface area contributed by atoms with Gasteiger partial charge in [0.05, 0.1) is 12.6 Å². The summed E-state index contributed by atoms with van der Waals surface area (Å²) < 4.78 is 7.55. The van der Waals surface area contributed by atoms with Crippen molar-refractivity contribution in [3.05, 3.63) is 60.3 Å². The summed E-state index contributed by atoms with van der Waals surface area (Å²) in [4.78, 5) is 14.2. The second-order valence-electron chi connectivity index (χ2n) is 9.03. The number of nitrogens with zero attached hydrogens (tertiary/aromatic N) is 4. The van der Waals surface area contributed by atoms with E-state index in [1.807, 2.05) is 18.5 Å². The van der Waals surface area contributed by atoms with E-state index in [-0.39, 0.29) is 56.1 Å². The molecular weight excluding hydrogens is 641 g/mol. The first-order chi connectivity index (χ1) is 16.1. The summed E-state index contributed by atoms with van der Waals surface area (Å²) >= 11 is 0. The average molecular weight is 672 g/mol. The first-order valence-electron chi connectivity index (χ1n) is 11.7. The van der Waals surface area contributed by atoms with Gasteiger partial charge in [0.2, 0.25) is 5.95 Å². The number of furan rings is 1. The van der Waals surface area contributed by atoms with Crippen molar-refractivity contribution >= 4 is 22.9 Å². The average Bonchev–Trinajstić information content (AvgIpc) is 3.50. The fourth-order valence-corrected chi connectivity index (χ4v) is 4.32. The van der Waals surface area contributed by atoms with Crippen LogP contribution in [0.2, 0.25) is 0 Å². The third-order valence-corrected chi connectivity index (χ3v) is 6.26. The zero-order chi connectivity index (χ0) is 22.8. The predicted octanol–water partition coefficient (Wildman–Crippen LogP) is 6.05. The van der Waals surface area contributed by atoms with E-state index >= 15 is 0 Å². The van der Waals surface area contributed by atoms with Gasteiger partial charge in [-0.1, -0.05) is 37.1 Å². The minimum atomic E-state index is 0. The minimum Gasteiger partial charge on any atom is -0.675 e. The van der Waals surface area contributed by atoms with Gasteiger partial charge < -0.3 is 25.4 Å². The molecule has 0 saturated heterocycles. The van der Waals surface area contributed by atoms with Crippen LogP contribution in [0.15, 0.2) is 53.4 Å². The molecule has 3 heterocycles. The molecular formula is C25H30AcN7O-. The van der Waals surface area contributed by atoms with Crippen molar-refractivity contribution < 1.29 is 48.5 Å². The largest absolute Gasteiger partial charge is 0.675 e. The summed E-state index contributed by atoms with van der Waals surface area (Å²) in [6.07, 6.45) is 7.31. The molecule has 0 aliphatic heterocycles. The predicted molar refractivity (Wildman–Crippen MR) is 131 cm³/mol. The number of imidazole rings is 1. The van der Waals surface area contributed by atoms with Crippen LogP contribution >= 0.6 is 0 Å². The van der Waals surface area contributed by atoms with Crippen LogP contribution in [-0.4, -0.2) is 31.6 Å². The topological polar surface area (TPSA) is 105 Å². The fourth-order valence-electron chi connectivity index (χ4n) is 4.32. The van der Waals surface area contributed by atoms with Gasteiger partial charge in [0, 0.05) is 68.3 Å². The Kier molecular flexibility index (Phi) is 8.28. The number of aromatic nitrogens is 4. The van der Waals surface area contributed by atoms with Crippen molar-refractivity contribution in [3.63, 3.8) is 0 Å². The summed E-state index contributed by atoms with van der Waals surface area (Å²) in [5.41, 5.74) is 11.7. The van der Waals surface area contributed by atoms with E-state index in [0.29, 0.717) is 18.5 Å². The van der Waals surface area contributed by atoms with Crippen LogP contribution in [-0.2, 0) is 6.54 Å². The maximum absolute atomic E-state index is 7.94. The third kappa shape index (κ3) is 5.64. The van der Waals surface area contributed by atoms with Gasteiger partial charge in [-0.2, -0.15) is 9.97 Å². The number of hydrogen-bond acceptors (Lipinski definition) is 6. The van der Waals surface area contributed by atoms with Gasteiger partial charge in [0.1, 0.15) is 5.76 Å². The molecule has 1 fully saturated rings. The molecule has 8 nitrogen and oxygen atoms in total. The quantitative estimate of drug-likeness (QED) is 0.248. The van der Waals surface area contributed by atoms with Gasteiger partial charge >= 0.3 is 0 Å². The molecule has 1 aliphatic carbocycles. The van der Waals surface area contributed by atoms with E-state index in [0.717, 1.165) is 59.6 Å². The zero-order valence-electron chi connectivity index (χ0n) is 19.7. The van der Waals surface area contributed by atoms with Crippen molar-refractivity contribution in [2.24, 2.45) is 0 Å². The first-order valence-corrected chi connectivity index (χ1v) is 11.7. The molecule has 1 aliphatic rings. The minimum absolute atomic E-state index is 0. The van der Waals surface area contributed by atoms with Crippen molar-refractivity contribution in [3.8, 4) is 11.3 Å². The van der Waals surface area contributed by atoms with Crippen LogP contribution < -0.4 is 10.6 Å². The summed E-state index contributed by atoms with van der Waals surface area (Å²) in [6, 6.07) is 12.8. The van der Waals surface area contributed by atoms with Gasteiger partial charge in [-0.25, -0.2) is 4.98 Å². The molecule has 0 atom stereocenters. The van der Waals surface area contributed by atoms with Gasteiger partial charge in [-0.3, -0.25) is 0 Å². The molecule has 34 heavy (non-hydrogen) atoms. The Bertz CT molecular complexity index is 1200. The van der Waals surface area contributed by atoms with Crippen molar-refractivity contribution in [1.82, 2.24) is 19.5 Å². The maximum atomic E-state index is 7.94. The summed E-state index contributed by atoms with van der Waals surface area (Å²) in [5.74, 6) is 2.21. The van der Waals surface area contributed by atoms with Crippen LogP contribution in [0.5, 0.6) is 0 Å². The molecule has 3 N–H and O–H groups in total. The van der Waals surface area contributed by atoms with E-state index in [9.17, 15) is 0 Å². The fraction of sp³-hybridized carbons (Fsp3) is 0.400. The first kappa shape index (κ1) is 25.2. The molecule has 1 saturated carbocycles. The van der Waals surface area contributed by atoms with Crippen LogP contribution in [0.25, 0.3) is 28.2 Å². The van der Waals surface area contributed by atoms with Gasteiger partial charge in [0.25, 0.3) is 0 Å². The molecule has 1 radical (unpaired) electrons. The Morgan fingerprint density at radius 2 is 1.85 bits per heavy atom. The SMILES string of the molecule is CC(C)n1cnc2c(NCc3ccc(-c4ccco4)cc3)nc(NC3CCC([NH-])CC3)nc21.[Ac]. The van der Waals surface area contributed by atoms with Crippen LogP contribution in [0.1, 0.15) is 51.1 Å². The monoisotopic (exact) mass is 671 g/mol. The smallest absolute Gasteiger partial charge is 0.227 e. The Balaban J connectivity index is 0.00000274. The van der Waals surface area contributed by atoms with E-state index in [4.69, 9.17) is 20.1 Å². The number of nitrogens with one attached hydrogen (secondary N) is 3. The zero-order valence-corrected chi connectivity index (χ0v) is 24.4. The second kappa shape index (κ2) is 11.2. The van der Waals surface area contributed by atoms with Gasteiger partial charge in [0.15, 0.2) is 17.0 Å². The van der Waals surface area contributed by atoms with E-state index in [2.05, 4.69) is 58.3 Å². The Morgan fingerprint density at radius 3 is 2.53 bits per heavy atom. The number of anilines is 2. The number of hydrogen-bond donors (Lipinski definition) is 2. The second-order valence-corrected chi connectivity index (χ2v) is 9.03. The third-order valence-electron chi connectivity index (χ3n) is 6.26. The van der Waals surface area contributed by atoms with E-state index in [1.165, 1.54) is 0 Å². The van der Waals surface area contributed by atoms with E-state index in [1.54, 1.807) is 6.26 Å². The number of benzene rings is 1. The molecule has 0 spiro atoms. The molecule has 0 unspecified atom stereocenters. The molecule has 0 bridgehead atoms. The molecule has 1 aromatic carbocycles. The molecule has 5 rings (SSSR count). The van der Waals surface area contributed by atoms with Crippen LogP contribution in [0.3, 0.4) is 0 Å². The molecule has 175 valence electrons. The Morgan fingerprint density at radius 1 is 1.09 bits per heavy atom. The molecule has 4 aromatic rings. The van der Waals surface area contributed by atoms with Crippen molar-refractivity contribution in [2.75, 3.05) is 10.6 Å². The Labute approximate surface area is 235 Å². The molecule has 0 amide bonds. The standard InChI is InChI=1S/C25H30N7O.Ac/c1-16(2)32-15-28-22-23(27-14-17-5-7-18(8-6-17)21-4-3-13-33-21)30-25(31-24(22)32)29-20-11-9-19(26)10-12-20;/h3-8,13,15-16,19-20,26H,9-12,14H2,1-2H3,(H2,27,29,30,31);/q-1;. The summed E-state index contributed by atoms with van der Waals surface area (Å²) in [7, 11) is 0. The van der Waals surface area contributed by atoms with Gasteiger partial charge in [-0.15, -0.1) is 6.04 Å². The summed E-state index contributed by atoms with van der Waals surface area (Å²) in [6.45, 7) is 4.88. The summed E-state index contributed by atoms with van der Waals surface area (Å²) in [5, 5.41) is 6.99. The van der Waals surface area contributed by atoms with Crippen molar-refractivity contribution in [2.45, 2.75) is 64.2 Å². The van der Waals surface area contributed by atoms with Gasteiger partial charge in [-0.05, 0) is 44.4 Å².